The van der Waals surface area contributed by atoms with Crippen molar-refractivity contribution in [1.82, 2.24) is 5.32 Å². The molecule has 1 aromatic carbocycles. The Morgan fingerprint density at radius 3 is 2.13 bits per heavy atom. The Balaban J connectivity index is 1.67. The summed E-state index contributed by atoms with van der Waals surface area (Å²) in [7, 11) is 0. The minimum atomic E-state index is -0.739. The lowest BCUT2D eigenvalue weighted by atomic mass is 9.98. The van der Waals surface area contributed by atoms with Gasteiger partial charge in [-0.25, -0.2) is 0 Å². The highest BCUT2D eigenvalue weighted by atomic mass is 16.4. The number of hydrogen-bond acceptors (Lipinski definition) is 2. The van der Waals surface area contributed by atoms with Crippen LogP contribution in [0.5, 0.6) is 0 Å². The summed E-state index contributed by atoms with van der Waals surface area (Å²) in [5.74, 6) is -0.930. The number of aliphatic carboxylic acids is 1. The number of carboxylic acids is 1. The number of rotatable bonds is 8. The van der Waals surface area contributed by atoms with Crippen molar-refractivity contribution in [2.24, 2.45) is 11.8 Å². The van der Waals surface area contributed by atoms with Crippen LogP contribution in [-0.4, -0.2) is 23.0 Å². The molecule has 23 heavy (non-hydrogen) atoms. The number of hydrogen-bond donors (Lipinski definition) is 2. The summed E-state index contributed by atoms with van der Waals surface area (Å²) in [6, 6.07) is 8.57. The van der Waals surface area contributed by atoms with E-state index >= 15 is 0 Å². The van der Waals surface area contributed by atoms with Crippen LogP contribution in [-0.2, 0) is 22.4 Å². The molecule has 0 spiro atoms. The molecule has 126 valence electrons. The minimum absolute atomic E-state index is 0.0150. The molecule has 2 atom stereocenters. The highest BCUT2D eigenvalue weighted by molar-refractivity contribution is 5.78. The molecule has 1 aliphatic carbocycles. The molecule has 0 fully saturated rings. The topological polar surface area (TPSA) is 66.4 Å². The zero-order chi connectivity index (χ0) is 16.8. The second-order valence-corrected chi connectivity index (χ2v) is 6.81. The Bertz CT molecular complexity index is 530. The van der Waals surface area contributed by atoms with Crippen LogP contribution in [0.15, 0.2) is 24.3 Å². The number of carboxylic acid groups (broad SMARTS) is 1. The maximum absolute atomic E-state index is 12.3. The van der Waals surface area contributed by atoms with Crippen molar-refractivity contribution in [1.29, 1.82) is 0 Å². The molecule has 0 saturated heterocycles. The number of carbonyl (C=O) groups is 2. The summed E-state index contributed by atoms with van der Waals surface area (Å²) in [4.78, 5) is 23.0. The largest absolute Gasteiger partial charge is 0.481 e. The predicted molar refractivity (Wildman–Crippen MR) is 90.2 cm³/mol. The van der Waals surface area contributed by atoms with Gasteiger partial charge in [0.2, 0.25) is 5.91 Å². The van der Waals surface area contributed by atoms with Gasteiger partial charge in [0.15, 0.2) is 0 Å². The number of fused-ring (bicyclic) bond motifs is 1. The van der Waals surface area contributed by atoms with Gasteiger partial charge in [-0.2, -0.15) is 0 Å². The molecule has 4 heteroatoms. The van der Waals surface area contributed by atoms with Gasteiger partial charge in [-0.1, -0.05) is 51.0 Å². The molecule has 2 N–H and O–H groups in total. The summed E-state index contributed by atoms with van der Waals surface area (Å²) in [6.45, 7) is 3.69. The van der Waals surface area contributed by atoms with Crippen LogP contribution in [0.4, 0.5) is 0 Å². The fourth-order valence-corrected chi connectivity index (χ4v) is 3.16. The van der Waals surface area contributed by atoms with Gasteiger partial charge in [0.25, 0.3) is 0 Å². The molecule has 0 aliphatic heterocycles. The van der Waals surface area contributed by atoms with Gasteiger partial charge in [0.1, 0.15) is 0 Å². The fourth-order valence-electron chi connectivity index (χ4n) is 3.16. The molecule has 2 unspecified atom stereocenters. The van der Waals surface area contributed by atoms with E-state index in [1.165, 1.54) is 11.1 Å². The van der Waals surface area contributed by atoms with Crippen LogP contribution in [0.25, 0.3) is 0 Å². The van der Waals surface area contributed by atoms with Crippen molar-refractivity contribution in [3.05, 3.63) is 35.4 Å². The monoisotopic (exact) mass is 317 g/mol. The van der Waals surface area contributed by atoms with Crippen LogP contribution in [0.2, 0.25) is 0 Å². The number of amides is 1. The van der Waals surface area contributed by atoms with Gasteiger partial charge in [0.05, 0.1) is 5.92 Å². The molecule has 0 heterocycles. The summed E-state index contributed by atoms with van der Waals surface area (Å²) in [5, 5.41) is 12.0. The van der Waals surface area contributed by atoms with Crippen LogP contribution in [0, 0.1) is 11.8 Å². The Labute approximate surface area is 138 Å². The van der Waals surface area contributed by atoms with E-state index in [0.717, 1.165) is 32.1 Å². The van der Waals surface area contributed by atoms with E-state index in [0.29, 0.717) is 6.42 Å². The predicted octanol–water partition coefficient (Wildman–Crippen LogP) is 3.19. The highest BCUT2D eigenvalue weighted by Gasteiger charge is 2.24. The van der Waals surface area contributed by atoms with Crippen molar-refractivity contribution >= 4 is 11.9 Å². The van der Waals surface area contributed by atoms with Crippen molar-refractivity contribution in [3.8, 4) is 0 Å². The van der Waals surface area contributed by atoms with Crippen molar-refractivity contribution in [3.63, 3.8) is 0 Å². The van der Waals surface area contributed by atoms with E-state index in [9.17, 15) is 9.59 Å². The van der Waals surface area contributed by atoms with E-state index < -0.39 is 5.97 Å². The first kappa shape index (κ1) is 17.5. The van der Waals surface area contributed by atoms with Crippen LogP contribution >= 0.6 is 0 Å². The van der Waals surface area contributed by atoms with Crippen molar-refractivity contribution in [2.75, 3.05) is 0 Å². The van der Waals surface area contributed by atoms with Crippen LogP contribution < -0.4 is 5.32 Å². The highest BCUT2D eigenvalue weighted by Crippen LogP contribution is 2.22. The Kier molecular flexibility index (Phi) is 6.20. The van der Waals surface area contributed by atoms with E-state index in [1.54, 1.807) is 6.92 Å². The first-order chi connectivity index (χ1) is 11.0. The number of benzene rings is 1. The minimum Gasteiger partial charge on any atom is -0.481 e. The average molecular weight is 317 g/mol. The van der Waals surface area contributed by atoms with E-state index in [4.69, 9.17) is 5.11 Å². The first-order valence-corrected chi connectivity index (χ1v) is 8.57. The average Bonchev–Trinajstić information content (AvgIpc) is 2.92. The van der Waals surface area contributed by atoms with E-state index in [1.807, 2.05) is 19.1 Å². The maximum Gasteiger partial charge on any atom is 0.306 e. The number of unbranched alkanes of at least 4 members (excludes halogenated alkanes) is 1. The third-order valence-corrected chi connectivity index (χ3v) is 4.79. The van der Waals surface area contributed by atoms with Crippen molar-refractivity contribution in [2.45, 2.75) is 58.4 Å². The molecule has 1 aromatic rings. The maximum atomic E-state index is 12.3. The second kappa shape index (κ2) is 8.14. The van der Waals surface area contributed by atoms with Crippen molar-refractivity contribution < 1.29 is 14.7 Å². The zero-order valence-electron chi connectivity index (χ0n) is 14.0. The number of carbonyl (C=O) groups excluding carboxylic acids is 1. The Morgan fingerprint density at radius 2 is 1.61 bits per heavy atom. The smallest absolute Gasteiger partial charge is 0.306 e. The molecule has 1 aliphatic rings. The quantitative estimate of drug-likeness (QED) is 0.724. The molecule has 2 rings (SSSR count). The Hall–Kier alpha value is -1.84. The van der Waals surface area contributed by atoms with Gasteiger partial charge >= 0.3 is 5.97 Å². The van der Waals surface area contributed by atoms with Gasteiger partial charge in [-0.05, 0) is 36.8 Å². The first-order valence-electron chi connectivity index (χ1n) is 8.57. The summed E-state index contributed by atoms with van der Waals surface area (Å²) in [5.41, 5.74) is 2.68. The molecular formula is C19H27NO3. The lowest BCUT2D eigenvalue weighted by Crippen LogP contribution is -2.38. The lowest BCUT2D eigenvalue weighted by Gasteiger charge is -2.17. The molecule has 0 bridgehead atoms. The molecule has 0 aromatic heterocycles. The molecule has 0 saturated carbocycles. The van der Waals surface area contributed by atoms with Gasteiger partial charge in [-0.3, -0.25) is 9.59 Å². The fraction of sp³-hybridized carbons (Fsp3) is 0.579. The normalized spacial score (nSPS) is 16.6. The SMILES string of the molecule is CC(CCCCC(C)C(=O)NC1Cc2ccccc2C1)C(=O)O. The summed E-state index contributed by atoms with van der Waals surface area (Å²) >= 11 is 0. The molecule has 4 nitrogen and oxygen atoms in total. The van der Waals surface area contributed by atoms with Crippen LogP contribution in [0.3, 0.4) is 0 Å². The van der Waals surface area contributed by atoms with E-state index in [2.05, 4.69) is 17.4 Å². The molecular weight excluding hydrogens is 290 g/mol. The van der Waals surface area contributed by atoms with Gasteiger partial charge in [0, 0.05) is 12.0 Å². The van der Waals surface area contributed by atoms with Gasteiger partial charge < -0.3 is 10.4 Å². The summed E-state index contributed by atoms with van der Waals surface area (Å²) in [6.07, 6.45) is 5.10. The number of nitrogens with one attached hydrogen (secondary N) is 1. The second-order valence-electron chi connectivity index (χ2n) is 6.81. The zero-order valence-corrected chi connectivity index (χ0v) is 14.0. The molecule has 0 radical (unpaired) electrons. The summed E-state index contributed by atoms with van der Waals surface area (Å²) < 4.78 is 0. The Morgan fingerprint density at radius 1 is 1.09 bits per heavy atom. The van der Waals surface area contributed by atoms with E-state index in [-0.39, 0.29) is 23.8 Å². The molecule has 1 amide bonds. The third kappa shape index (κ3) is 5.08. The lowest BCUT2D eigenvalue weighted by molar-refractivity contribution is -0.141. The standard InChI is InChI=1S/C19H27NO3/c1-13(7-3-4-8-14(2)19(22)23)18(21)20-17-11-15-9-5-6-10-16(15)12-17/h5-6,9-10,13-14,17H,3-4,7-8,11-12H2,1-2H3,(H,20,21)(H,22,23). The third-order valence-electron chi connectivity index (χ3n) is 4.79. The van der Waals surface area contributed by atoms with Crippen LogP contribution in [0.1, 0.15) is 50.7 Å². The van der Waals surface area contributed by atoms with Gasteiger partial charge in [-0.15, -0.1) is 0 Å².